The predicted molar refractivity (Wildman–Crippen MR) is 156 cm³/mol. The van der Waals surface area contributed by atoms with Crippen molar-refractivity contribution in [1.82, 2.24) is 40.1 Å². The number of anilines is 1. The van der Waals surface area contributed by atoms with E-state index < -0.39 is 40.4 Å². The molecule has 46 heavy (non-hydrogen) atoms. The normalized spacial score (nSPS) is 17.6. The number of aromatic nitrogens is 6. The van der Waals surface area contributed by atoms with Crippen molar-refractivity contribution in [2.24, 2.45) is 5.16 Å². The maximum absolute atomic E-state index is 13.1. The molecule has 2 aliphatic heterocycles. The van der Waals surface area contributed by atoms with Crippen molar-refractivity contribution in [2.75, 3.05) is 37.6 Å². The molecule has 0 saturated carbocycles. The third-order valence-electron chi connectivity index (χ3n) is 6.27. The topological polar surface area (TPSA) is 265 Å². The average Bonchev–Trinajstić information content (AvgIpc) is 3.65. The van der Waals surface area contributed by atoms with Crippen LogP contribution in [0.3, 0.4) is 0 Å². The number of thioether (sulfide) groups is 2. The van der Waals surface area contributed by atoms with Gasteiger partial charge in [-0.3, -0.25) is 19.3 Å². The molecule has 5 rings (SSSR count). The third kappa shape index (κ3) is 7.32. The largest absolute Gasteiger partial charge is 1.00 e. The molecule has 0 unspecified atom stereocenters. The maximum Gasteiger partial charge on any atom is 1.00 e. The van der Waals surface area contributed by atoms with Crippen LogP contribution >= 0.6 is 34.9 Å². The number of β-lactam (4-membered cyclic amide) rings is 1. The minimum Gasteiger partial charge on any atom is -0.543 e. The zero-order valence-corrected chi connectivity index (χ0v) is 28.5. The number of aliphatic hydroxyl groups is 1. The van der Waals surface area contributed by atoms with Crippen LogP contribution in [0.2, 0.25) is 0 Å². The maximum atomic E-state index is 13.1. The summed E-state index contributed by atoms with van der Waals surface area (Å²) >= 11 is 3.40. The van der Waals surface area contributed by atoms with Crippen LogP contribution in [0.25, 0.3) is 0 Å². The monoisotopic (exact) mass is 702 g/mol. The number of nitrogens with two attached hydrogens (primary N) is 1. The van der Waals surface area contributed by atoms with Gasteiger partial charge in [-0.25, -0.2) is 9.67 Å². The Morgan fingerprint density at radius 3 is 2.80 bits per heavy atom. The predicted octanol–water partition coefficient (Wildman–Crippen LogP) is -6.40. The van der Waals surface area contributed by atoms with Crippen LogP contribution in [0.5, 0.6) is 5.75 Å². The number of oxime groups is 1. The van der Waals surface area contributed by atoms with Gasteiger partial charge in [0, 0.05) is 23.0 Å². The smallest absolute Gasteiger partial charge is 0.543 e. The molecule has 19 nitrogen and oxygen atoms in total. The molecule has 3 aromatic rings. The molecule has 238 valence electrons. The zero-order chi connectivity index (χ0) is 32.2. The Morgan fingerprint density at radius 2 is 2.13 bits per heavy atom. The number of amides is 2. The van der Waals surface area contributed by atoms with Gasteiger partial charge in [0.05, 0.1) is 36.7 Å². The first kappa shape index (κ1) is 35.2. The van der Waals surface area contributed by atoms with Gasteiger partial charge >= 0.3 is 29.6 Å². The Labute approximate surface area is 293 Å². The SMILES string of the molecule is CO/N=C(\C(=O)N[C@@H]1C(=O)N2C(C(=O)[O-])=C(CSc3nnnn3Cc3cc(=O)c(O)cn3OCCO)CS[C@@H]12)c1csc(N)n1.[Na+]. The number of aromatic hydroxyl groups is 1. The minimum atomic E-state index is -1.57. The van der Waals surface area contributed by atoms with Crippen molar-refractivity contribution in [3.05, 3.63) is 50.5 Å². The van der Waals surface area contributed by atoms with Gasteiger partial charge in [-0.1, -0.05) is 16.9 Å². The Hall–Kier alpha value is -3.67. The summed E-state index contributed by atoms with van der Waals surface area (Å²) in [4.78, 5) is 65.5. The van der Waals surface area contributed by atoms with Crippen molar-refractivity contribution in [3.63, 3.8) is 0 Å². The van der Waals surface area contributed by atoms with Crippen molar-refractivity contribution in [1.29, 1.82) is 0 Å². The molecule has 0 aliphatic carbocycles. The van der Waals surface area contributed by atoms with Gasteiger partial charge in [-0.2, -0.15) is 4.73 Å². The average molecular weight is 703 g/mol. The standard InChI is InChI=1S/C23H24N10O9S3.Na/c1-41-28-15(12-9-44-22(24)25-12)18(37)26-16-19(38)33-17(21(39)40)10(7-43-20(16)33)8-45-23-27-29-30-31(23)5-11-4-13(35)14(36)6-32(11)42-3-2-34;/h4,6,9,16,20,34,36H,2-3,5,7-8H2,1H3,(H2,24,25)(H,26,37)(H,39,40);/q;+1/p-1/b28-15-;/t16-,20+;/m1./s1. The van der Waals surface area contributed by atoms with Crippen LogP contribution in [0, 0.1) is 0 Å². The zero-order valence-electron chi connectivity index (χ0n) is 24.1. The number of thiazole rings is 1. The van der Waals surface area contributed by atoms with Gasteiger partial charge < -0.3 is 40.8 Å². The van der Waals surface area contributed by atoms with Crippen LogP contribution < -0.4 is 56.0 Å². The quantitative estimate of drug-likeness (QED) is 0.0424. The fourth-order valence-corrected chi connectivity index (χ4v) is 7.22. The summed E-state index contributed by atoms with van der Waals surface area (Å²) in [5, 5.41) is 50.1. The van der Waals surface area contributed by atoms with Crippen LogP contribution in [-0.4, -0.2) is 112 Å². The minimum absolute atomic E-state index is 0. The van der Waals surface area contributed by atoms with E-state index in [1.54, 1.807) is 0 Å². The number of rotatable bonds is 13. The van der Waals surface area contributed by atoms with Crippen LogP contribution in [0.1, 0.15) is 11.4 Å². The molecule has 5 heterocycles. The fraction of sp³-hybridized carbons (Fsp3) is 0.348. The van der Waals surface area contributed by atoms with Crippen LogP contribution in [0.4, 0.5) is 5.13 Å². The van der Waals surface area contributed by atoms with Crippen molar-refractivity contribution in [3.8, 4) is 5.75 Å². The van der Waals surface area contributed by atoms with E-state index in [1.165, 1.54) is 28.9 Å². The Balaban J connectivity index is 0.00000480. The Bertz CT molecular complexity index is 1760. The van der Waals surface area contributed by atoms with Gasteiger partial charge in [-0.15, -0.1) is 28.2 Å². The number of hydrogen-bond acceptors (Lipinski definition) is 18. The van der Waals surface area contributed by atoms with Crippen molar-refractivity contribution >= 4 is 63.5 Å². The Morgan fingerprint density at radius 1 is 1.35 bits per heavy atom. The van der Waals surface area contributed by atoms with E-state index in [0.717, 1.165) is 45.0 Å². The van der Waals surface area contributed by atoms with E-state index in [-0.39, 0.29) is 93.9 Å². The molecule has 3 aromatic heterocycles. The molecular weight excluding hydrogens is 680 g/mol. The van der Waals surface area contributed by atoms with Crippen LogP contribution in [0.15, 0.2) is 44.0 Å². The first-order chi connectivity index (χ1) is 21.6. The van der Waals surface area contributed by atoms with E-state index in [2.05, 4.69) is 31.0 Å². The van der Waals surface area contributed by atoms with E-state index in [1.807, 2.05) is 0 Å². The Kier molecular flexibility index (Phi) is 11.7. The summed E-state index contributed by atoms with van der Waals surface area (Å²) in [6.07, 6.45) is 1.05. The second-order valence-corrected chi connectivity index (χ2v) is 12.0. The second kappa shape index (κ2) is 15.3. The van der Waals surface area contributed by atoms with Crippen molar-refractivity contribution < 1.29 is 68.9 Å². The summed E-state index contributed by atoms with van der Waals surface area (Å²) in [5.41, 5.74) is 5.23. The van der Waals surface area contributed by atoms with Gasteiger partial charge in [0.25, 0.3) is 11.8 Å². The van der Waals surface area contributed by atoms with Crippen LogP contribution in [-0.2, 0) is 25.8 Å². The number of carboxylic acids is 1. The molecule has 2 aliphatic rings. The molecule has 0 aromatic carbocycles. The second-order valence-electron chi connectivity index (χ2n) is 9.10. The first-order valence-corrected chi connectivity index (χ1v) is 15.6. The first-order valence-electron chi connectivity index (χ1n) is 12.7. The van der Waals surface area contributed by atoms with Gasteiger partial charge in [-0.05, 0) is 16.0 Å². The molecule has 5 N–H and O–H groups in total. The molecule has 2 atom stereocenters. The number of nitrogens with zero attached hydrogens (tertiary/aromatic N) is 8. The summed E-state index contributed by atoms with van der Waals surface area (Å²) in [6, 6.07) is 0.0748. The van der Waals surface area contributed by atoms with E-state index in [4.69, 9.17) is 20.5 Å². The van der Waals surface area contributed by atoms with Gasteiger partial charge in [0.1, 0.15) is 30.8 Å². The molecule has 2 amide bonds. The third-order valence-corrected chi connectivity index (χ3v) is 9.33. The van der Waals surface area contributed by atoms with Gasteiger partial charge in [0.2, 0.25) is 10.6 Å². The summed E-state index contributed by atoms with van der Waals surface area (Å²) < 4.78 is 2.43. The number of aliphatic hydroxyl groups excluding tert-OH is 1. The molecular formula is C23H23N10NaO9S3. The molecule has 1 fully saturated rings. The van der Waals surface area contributed by atoms with E-state index in [9.17, 15) is 29.4 Å². The van der Waals surface area contributed by atoms with Gasteiger partial charge in [0.15, 0.2) is 16.6 Å². The molecule has 0 radical (unpaired) electrons. The summed E-state index contributed by atoms with van der Waals surface area (Å²) in [5.74, 6) is -3.30. The molecule has 23 heteroatoms. The number of pyridine rings is 1. The molecule has 1 saturated heterocycles. The van der Waals surface area contributed by atoms with E-state index in [0.29, 0.717) is 5.57 Å². The molecule has 0 spiro atoms. The molecule has 0 bridgehead atoms. The number of carboxylic acid groups (broad SMARTS) is 1. The number of nitrogen functional groups attached to an aromatic ring is 1. The number of nitrogens with one attached hydrogen (secondary N) is 1. The number of carbonyl (C=O) groups excluding carboxylic acids is 3. The van der Waals surface area contributed by atoms with E-state index >= 15 is 0 Å². The number of fused-ring (bicyclic) bond motifs is 1. The fourth-order valence-electron chi connectivity index (χ4n) is 4.31. The summed E-state index contributed by atoms with van der Waals surface area (Å²) in [7, 11) is 1.24. The number of hydrogen-bond donors (Lipinski definition) is 4. The van der Waals surface area contributed by atoms with Crippen molar-refractivity contribution in [2.45, 2.75) is 23.1 Å². The number of carbonyl (C=O) groups is 3. The summed E-state index contributed by atoms with van der Waals surface area (Å²) in [6.45, 7) is -0.508. The number of aliphatic carboxylic acids is 1. The number of tetrazole rings is 1.